The van der Waals surface area contributed by atoms with Crippen LogP contribution in [0.5, 0.6) is 0 Å². The second-order valence-electron chi connectivity index (χ2n) is 3.90. The number of hydrogen-bond acceptors (Lipinski definition) is 5. The van der Waals surface area contributed by atoms with E-state index in [1.807, 2.05) is 20.0 Å². The lowest BCUT2D eigenvalue weighted by Crippen LogP contribution is -2.36. The monoisotopic (exact) mass is 407 g/mol. The molecular weight excluding hydrogens is 389 g/mol. The SMILES string of the molecule is CCNC(=NCc1ccon1)NCc1ncc(C)s1.I. The first-order valence-electron chi connectivity index (χ1n) is 6.10. The molecule has 0 saturated carbocycles. The van der Waals surface area contributed by atoms with Crippen LogP contribution >= 0.6 is 35.3 Å². The van der Waals surface area contributed by atoms with Crippen LogP contribution in [0.4, 0.5) is 0 Å². The van der Waals surface area contributed by atoms with Crippen molar-refractivity contribution in [1.29, 1.82) is 0 Å². The summed E-state index contributed by atoms with van der Waals surface area (Å²) in [7, 11) is 0. The van der Waals surface area contributed by atoms with E-state index in [0.717, 1.165) is 23.2 Å². The molecule has 2 aromatic heterocycles. The molecule has 2 aromatic rings. The van der Waals surface area contributed by atoms with Gasteiger partial charge in [-0.2, -0.15) is 0 Å². The lowest BCUT2D eigenvalue weighted by molar-refractivity contribution is 0.412. The van der Waals surface area contributed by atoms with Gasteiger partial charge in [0.15, 0.2) is 5.96 Å². The fraction of sp³-hybridized carbons (Fsp3) is 0.417. The number of aromatic nitrogens is 2. The average Bonchev–Trinajstić information content (AvgIpc) is 3.04. The van der Waals surface area contributed by atoms with Crippen LogP contribution in [-0.4, -0.2) is 22.6 Å². The third-order valence-corrected chi connectivity index (χ3v) is 3.22. The molecule has 0 atom stereocenters. The maximum Gasteiger partial charge on any atom is 0.191 e. The molecule has 0 fully saturated rings. The zero-order valence-electron chi connectivity index (χ0n) is 11.4. The summed E-state index contributed by atoms with van der Waals surface area (Å²) in [4.78, 5) is 9.94. The Morgan fingerprint density at radius 3 is 2.90 bits per heavy atom. The summed E-state index contributed by atoms with van der Waals surface area (Å²) < 4.78 is 4.77. The number of nitrogens with one attached hydrogen (secondary N) is 2. The van der Waals surface area contributed by atoms with Crippen molar-refractivity contribution >= 4 is 41.3 Å². The summed E-state index contributed by atoms with van der Waals surface area (Å²) in [5.74, 6) is 0.748. The van der Waals surface area contributed by atoms with Crippen molar-refractivity contribution in [2.75, 3.05) is 6.54 Å². The first kappa shape index (κ1) is 16.9. The molecule has 0 bridgehead atoms. The minimum atomic E-state index is 0. The average molecular weight is 407 g/mol. The molecule has 2 heterocycles. The summed E-state index contributed by atoms with van der Waals surface area (Å²) in [6.07, 6.45) is 3.42. The molecular formula is C12H18IN5OS. The topological polar surface area (TPSA) is 75.3 Å². The van der Waals surface area contributed by atoms with Gasteiger partial charge in [-0.25, -0.2) is 9.98 Å². The molecule has 2 N–H and O–H groups in total. The molecule has 2 rings (SSSR count). The van der Waals surface area contributed by atoms with Crippen LogP contribution in [0.1, 0.15) is 22.5 Å². The normalized spacial score (nSPS) is 11.0. The van der Waals surface area contributed by atoms with Crippen LogP contribution in [0, 0.1) is 6.92 Å². The molecule has 0 aliphatic heterocycles. The Kier molecular flexibility index (Phi) is 7.52. The molecule has 0 aromatic carbocycles. The van der Waals surface area contributed by atoms with Gasteiger partial charge in [0.25, 0.3) is 0 Å². The van der Waals surface area contributed by atoms with Crippen molar-refractivity contribution in [3.63, 3.8) is 0 Å². The second-order valence-corrected chi connectivity index (χ2v) is 5.22. The quantitative estimate of drug-likeness (QED) is 0.452. The predicted molar refractivity (Wildman–Crippen MR) is 90.4 cm³/mol. The van der Waals surface area contributed by atoms with Gasteiger partial charge in [0.1, 0.15) is 17.0 Å². The Hall–Kier alpha value is -1.16. The van der Waals surface area contributed by atoms with E-state index in [9.17, 15) is 0 Å². The first-order chi connectivity index (χ1) is 9.28. The molecule has 0 saturated heterocycles. The largest absolute Gasteiger partial charge is 0.364 e. The van der Waals surface area contributed by atoms with E-state index in [2.05, 4.69) is 25.8 Å². The van der Waals surface area contributed by atoms with Crippen molar-refractivity contribution in [2.24, 2.45) is 4.99 Å². The number of thiazole rings is 1. The lowest BCUT2D eigenvalue weighted by Gasteiger charge is -2.09. The third kappa shape index (κ3) is 5.45. The Labute approximate surface area is 139 Å². The van der Waals surface area contributed by atoms with Gasteiger partial charge in [0, 0.05) is 23.7 Å². The molecule has 0 aliphatic rings. The van der Waals surface area contributed by atoms with E-state index in [1.54, 1.807) is 23.7 Å². The van der Waals surface area contributed by atoms with E-state index in [4.69, 9.17) is 4.52 Å². The van der Waals surface area contributed by atoms with Gasteiger partial charge < -0.3 is 15.2 Å². The Bertz CT molecular complexity index is 526. The van der Waals surface area contributed by atoms with E-state index in [-0.39, 0.29) is 24.0 Å². The van der Waals surface area contributed by atoms with E-state index >= 15 is 0 Å². The number of aliphatic imine (C=N–C) groups is 1. The van der Waals surface area contributed by atoms with Gasteiger partial charge in [0.2, 0.25) is 0 Å². The van der Waals surface area contributed by atoms with Crippen molar-refractivity contribution in [1.82, 2.24) is 20.8 Å². The van der Waals surface area contributed by atoms with Gasteiger partial charge in [-0.15, -0.1) is 35.3 Å². The number of nitrogens with zero attached hydrogens (tertiary/aromatic N) is 3. The van der Waals surface area contributed by atoms with Crippen LogP contribution in [0.15, 0.2) is 28.0 Å². The summed E-state index contributed by atoms with van der Waals surface area (Å²) in [6, 6.07) is 1.80. The smallest absolute Gasteiger partial charge is 0.191 e. The van der Waals surface area contributed by atoms with Crippen molar-refractivity contribution in [2.45, 2.75) is 26.9 Å². The summed E-state index contributed by atoms with van der Waals surface area (Å²) >= 11 is 1.68. The fourth-order valence-corrected chi connectivity index (χ4v) is 2.19. The van der Waals surface area contributed by atoms with Gasteiger partial charge in [-0.3, -0.25) is 0 Å². The molecule has 0 unspecified atom stereocenters. The maximum absolute atomic E-state index is 4.77. The van der Waals surface area contributed by atoms with Crippen LogP contribution < -0.4 is 10.6 Å². The first-order valence-corrected chi connectivity index (χ1v) is 6.92. The summed E-state index contributed by atoms with van der Waals surface area (Å²) in [6.45, 7) is 6.04. The summed E-state index contributed by atoms with van der Waals surface area (Å²) in [5.41, 5.74) is 0.808. The number of aryl methyl sites for hydroxylation is 1. The standard InChI is InChI=1S/C12H17N5OS.HI/c1-3-13-12(15-7-10-4-5-18-17-10)16-8-11-14-6-9(2)19-11;/h4-6H,3,7-8H2,1-2H3,(H2,13,15,16);1H. The van der Waals surface area contributed by atoms with E-state index in [0.29, 0.717) is 13.1 Å². The number of guanidine groups is 1. The second kappa shape index (κ2) is 8.90. The molecule has 6 nitrogen and oxygen atoms in total. The fourth-order valence-electron chi connectivity index (χ4n) is 1.46. The highest BCUT2D eigenvalue weighted by Crippen LogP contribution is 2.10. The van der Waals surface area contributed by atoms with E-state index < -0.39 is 0 Å². The molecule has 110 valence electrons. The zero-order valence-corrected chi connectivity index (χ0v) is 14.6. The van der Waals surface area contributed by atoms with Gasteiger partial charge in [0.05, 0.1) is 13.1 Å². The number of hydrogen-bond donors (Lipinski definition) is 2. The maximum atomic E-state index is 4.77. The van der Waals surface area contributed by atoms with Crippen molar-refractivity contribution < 1.29 is 4.52 Å². The molecule has 0 spiro atoms. The van der Waals surface area contributed by atoms with Crippen LogP contribution in [0.3, 0.4) is 0 Å². The van der Waals surface area contributed by atoms with Crippen LogP contribution in [0.2, 0.25) is 0 Å². The summed E-state index contributed by atoms with van der Waals surface area (Å²) in [5, 5.41) is 11.3. The van der Waals surface area contributed by atoms with Gasteiger partial charge in [-0.05, 0) is 13.8 Å². The minimum Gasteiger partial charge on any atom is -0.364 e. The van der Waals surface area contributed by atoms with Crippen LogP contribution in [-0.2, 0) is 13.1 Å². The zero-order chi connectivity index (χ0) is 13.5. The van der Waals surface area contributed by atoms with E-state index in [1.165, 1.54) is 4.88 Å². The van der Waals surface area contributed by atoms with Crippen molar-refractivity contribution in [3.05, 3.63) is 34.1 Å². The highest BCUT2D eigenvalue weighted by atomic mass is 127. The van der Waals surface area contributed by atoms with Crippen molar-refractivity contribution in [3.8, 4) is 0 Å². The highest BCUT2D eigenvalue weighted by molar-refractivity contribution is 14.0. The number of rotatable bonds is 5. The molecule has 0 aliphatic carbocycles. The molecule has 20 heavy (non-hydrogen) atoms. The minimum absolute atomic E-state index is 0. The third-order valence-electron chi connectivity index (χ3n) is 2.31. The van der Waals surface area contributed by atoms with Crippen LogP contribution in [0.25, 0.3) is 0 Å². The lowest BCUT2D eigenvalue weighted by atomic mass is 10.4. The molecule has 8 heteroatoms. The predicted octanol–water partition coefficient (Wildman–Crippen LogP) is 2.31. The molecule has 0 radical (unpaired) electrons. The Balaban J connectivity index is 0.00000200. The Morgan fingerprint density at radius 1 is 1.45 bits per heavy atom. The van der Waals surface area contributed by atoms with Gasteiger partial charge >= 0.3 is 0 Å². The highest BCUT2D eigenvalue weighted by Gasteiger charge is 2.02. The molecule has 0 amide bonds. The Morgan fingerprint density at radius 2 is 2.30 bits per heavy atom. The van der Waals surface area contributed by atoms with Gasteiger partial charge in [-0.1, -0.05) is 5.16 Å². The number of halogens is 1.